The van der Waals surface area contributed by atoms with Gasteiger partial charge in [0.15, 0.2) is 11.6 Å². The number of rotatable bonds is 6. The molecule has 0 aliphatic heterocycles. The molecular weight excluding hydrogens is 316 g/mol. The van der Waals surface area contributed by atoms with Gasteiger partial charge < -0.3 is 21.1 Å². The van der Waals surface area contributed by atoms with E-state index >= 15 is 0 Å². The molecule has 0 bridgehead atoms. The van der Waals surface area contributed by atoms with Crippen LogP contribution in [0.1, 0.15) is 12.5 Å². The van der Waals surface area contributed by atoms with Gasteiger partial charge in [0, 0.05) is 6.20 Å². The second kappa shape index (κ2) is 7.48. The Morgan fingerprint density at radius 2 is 1.80 bits per heavy atom. The molecule has 0 amide bonds. The summed E-state index contributed by atoms with van der Waals surface area (Å²) in [5.41, 5.74) is 8.50. The summed E-state index contributed by atoms with van der Waals surface area (Å²) >= 11 is 0. The quantitative estimate of drug-likeness (QED) is 0.632. The van der Waals surface area contributed by atoms with Gasteiger partial charge >= 0.3 is 0 Å². The van der Waals surface area contributed by atoms with Gasteiger partial charge in [-0.25, -0.2) is 15.0 Å². The summed E-state index contributed by atoms with van der Waals surface area (Å²) in [6.07, 6.45) is 3.17. The van der Waals surface area contributed by atoms with E-state index in [1.165, 1.54) is 6.33 Å². The van der Waals surface area contributed by atoms with Crippen molar-refractivity contribution < 1.29 is 4.74 Å². The normalized spacial score (nSPS) is 10.3. The van der Waals surface area contributed by atoms with Crippen molar-refractivity contribution >= 4 is 28.8 Å². The summed E-state index contributed by atoms with van der Waals surface area (Å²) in [4.78, 5) is 12.7. The number of aromatic nitrogens is 3. The molecule has 0 aliphatic rings. The lowest BCUT2D eigenvalue weighted by Crippen LogP contribution is -2.06. The Hall–Kier alpha value is -3.35. The number of anilines is 5. The first-order chi connectivity index (χ1) is 12.2. The monoisotopic (exact) mass is 336 g/mol. The summed E-state index contributed by atoms with van der Waals surface area (Å²) in [6, 6.07) is 11.5. The van der Waals surface area contributed by atoms with Crippen molar-refractivity contribution in [3.63, 3.8) is 0 Å². The van der Waals surface area contributed by atoms with Crippen LogP contribution in [0.2, 0.25) is 0 Å². The molecule has 7 heteroatoms. The summed E-state index contributed by atoms with van der Waals surface area (Å²) in [7, 11) is 0. The van der Waals surface area contributed by atoms with Gasteiger partial charge in [-0.3, -0.25) is 0 Å². The Labute approximate surface area is 146 Å². The Kier molecular flexibility index (Phi) is 4.94. The smallest absolute Gasteiger partial charge is 0.160 e. The van der Waals surface area contributed by atoms with Crippen LogP contribution in [0.5, 0.6) is 5.75 Å². The second-order valence-electron chi connectivity index (χ2n) is 5.38. The van der Waals surface area contributed by atoms with Crippen LogP contribution in [0.4, 0.5) is 28.8 Å². The first-order valence-electron chi connectivity index (χ1n) is 7.96. The van der Waals surface area contributed by atoms with E-state index in [1.807, 2.05) is 50.2 Å². The van der Waals surface area contributed by atoms with Gasteiger partial charge in [-0.15, -0.1) is 0 Å². The SMILES string of the molecule is CCOc1ccccc1Nc1ncnc(Nc2cc(C)ccn2)c1N. The van der Waals surface area contributed by atoms with Crippen molar-refractivity contribution in [2.24, 2.45) is 0 Å². The predicted octanol–water partition coefficient (Wildman–Crippen LogP) is 3.65. The molecule has 2 aromatic heterocycles. The third-order valence-electron chi connectivity index (χ3n) is 3.49. The van der Waals surface area contributed by atoms with E-state index in [1.54, 1.807) is 6.20 Å². The molecule has 25 heavy (non-hydrogen) atoms. The summed E-state index contributed by atoms with van der Waals surface area (Å²) in [6.45, 7) is 4.50. The number of hydrogen-bond acceptors (Lipinski definition) is 7. The number of benzene rings is 1. The molecule has 7 nitrogen and oxygen atoms in total. The maximum absolute atomic E-state index is 6.22. The number of pyridine rings is 1. The van der Waals surface area contributed by atoms with Gasteiger partial charge in [0.05, 0.1) is 12.3 Å². The number of nitrogen functional groups attached to an aromatic ring is 1. The van der Waals surface area contributed by atoms with Crippen LogP contribution in [0.25, 0.3) is 0 Å². The highest BCUT2D eigenvalue weighted by molar-refractivity contribution is 5.80. The number of nitrogens with zero attached hydrogens (tertiary/aromatic N) is 3. The van der Waals surface area contributed by atoms with E-state index in [0.717, 1.165) is 17.0 Å². The maximum Gasteiger partial charge on any atom is 0.160 e. The average molecular weight is 336 g/mol. The molecule has 3 aromatic rings. The lowest BCUT2D eigenvalue weighted by molar-refractivity contribution is 0.342. The first-order valence-corrected chi connectivity index (χ1v) is 7.96. The summed E-state index contributed by atoms with van der Waals surface area (Å²) < 4.78 is 5.62. The Morgan fingerprint density at radius 3 is 2.56 bits per heavy atom. The molecule has 0 atom stereocenters. The minimum Gasteiger partial charge on any atom is -0.492 e. The van der Waals surface area contributed by atoms with E-state index in [2.05, 4.69) is 25.6 Å². The minimum atomic E-state index is 0.400. The average Bonchev–Trinajstić information content (AvgIpc) is 2.60. The Morgan fingerprint density at radius 1 is 1.04 bits per heavy atom. The van der Waals surface area contributed by atoms with Crippen LogP contribution in [-0.4, -0.2) is 21.6 Å². The molecule has 0 radical (unpaired) electrons. The standard InChI is InChI=1S/C18H20N6O/c1-3-25-14-7-5-4-6-13(14)23-17-16(19)18(22-11-21-17)24-15-10-12(2)8-9-20-15/h4-11H,3,19H2,1-2H3,(H2,20,21,22,23,24). The zero-order chi connectivity index (χ0) is 17.6. The number of ether oxygens (including phenoxy) is 1. The Bertz CT molecular complexity index is 868. The van der Waals surface area contributed by atoms with Crippen LogP contribution in [-0.2, 0) is 0 Å². The van der Waals surface area contributed by atoms with Gasteiger partial charge in [0.25, 0.3) is 0 Å². The van der Waals surface area contributed by atoms with Crippen molar-refractivity contribution in [3.8, 4) is 5.75 Å². The van der Waals surface area contributed by atoms with Gasteiger partial charge in [0.2, 0.25) is 0 Å². The summed E-state index contributed by atoms with van der Waals surface area (Å²) in [5.74, 6) is 2.39. The van der Waals surface area contributed by atoms with Crippen molar-refractivity contribution in [1.29, 1.82) is 0 Å². The van der Waals surface area contributed by atoms with E-state index in [9.17, 15) is 0 Å². The molecule has 0 unspecified atom stereocenters. The zero-order valence-corrected chi connectivity index (χ0v) is 14.2. The highest BCUT2D eigenvalue weighted by Gasteiger charge is 2.11. The van der Waals surface area contributed by atoms with Crippen LogP contribution in [0.15, 0.2) is 48.9 Å². The minimum absolute atomic E-state index is 0.400. The van der Waals surface area contributed by atoms with Gasteiger partial charge in [-0.2, -0.15) is 0 Å². The fraction of sp³-hybridized carbons (Fsp3) is 0.167. The molecule has 0 aliphatic carbocycles. The molecule has 0 saturated heterocycles. The second-order valence-corrected chi connectivity index (χ2v) is 5.38. The van der Waals surface area contributed by atoms with E-state index < -0.39 is 0 Å². The van der Waals surface area contributed by atoms with Crippen molar-refractivity contribution in [3.05, 3.63) is 54.5 Å². The third-order valence-corrected chi connectivity index (χ3v) is 3.49. The van der Waals surface area contributed by atoms with Crippen molar-refractivity contribution in [1.82, 2.24) is 15.0 Å². The van der Waals surface area contributed by atoms with Crippen molar-refractivity contribution in [2.75, 3.05) is 23.0 Å². The molecule has 4 N–H and O–H groups in total. The van der Waals surface area contributed by atoms with Gasteiger partial charge in [0.1, 0.15) is 23.6 Å². The molecule has 1 aromatic carbocycles. The lowest BCUT2D eigenvalue weighted by atomic mass is 10.3. The van der Waals surface area contributed by atoms with Crippen LogP contribution >= 0.6 is 0 Å². The molecule has 2 heterocycles. The highest BCUT2D eigenvalue weighted by atomic mass is 16.5. The van der Waals surface area contributed by atoms with Gasteiger partial charge in [-0.05, 0) is 43.7 Å². The highest BCUT2D eigenvalue weighted by Crippen LogP contribution is 2.31. The van der Waals surface area contributed by atoms with E-state index in [4.69, 9.17) is 10.5 Å². The zero-order valence-electron chi connectivity index (χ0n) is 14.2. The lowest BCUT2D eigenvalue weighted by Gasteiger charge is -2.14. The maximum atomic E-state index is 6.22. The molecular formula is C18H20N6O. The fourth-order valence-electron chi connectivity index (χ4n) is 2.30. The fourth-order valence-corrected chi connectivity index (χ4v) is 2.30. The number of nitrogens with one attached hydrogen (secondary N) is 2. The largest absolute Gasteiger partial charge is 0.492 e. The van der Waals surface area contributed by atoms with Crippen LogP contribution < -0.4 is 21.1 Å². The summed E-state index contributed by atoms with van der Waals surface area (Å²) in [5, 5.41) is 6.32. The third kappa shape index (κ3) is 3.95. The molecule has 0 fully saturated rings. The molecule has 0 spiro atoms. The molecule has 0 saturated carbocycles. The molecule has 128 valence electrons. The van der Waals surface area contributed by atoms with Crippen LogP contribution in [0, 0.1) is 6.92 Å². The van der Waals surface area contributed by atoms with E-state index in [0.29, 0.717) is 29.7 Å². The number of nitrogens with two attached hydrogens (primary N) is 1. The predicted molar refractivity (Wildman–Crippen MR) is 99.6 cm³/mol. The van der Waals surface area contributed by atoms with Crippen molar-refractivity contribution in [2.45, 2.75) is 13.8 Å². The topological polar surface area (TPSA) is 98.0 Å². The molecule has 3 rings (SSSR count). The van der Waals surface area contributed by atoms with E-state index in [-0.39, 0.29) is 0 Å². The first kappa shape index (κ1) is 16.5. The number of aryl methyl sites for hydroxylation is 1. The number of hydrogen-bond donors (Lipinski definition) is 3. The number of para-hydroxylation sites is 2. The van der Waals surface area contributed by atoms with Gasteiger partial charge in [-0.1, -0.05) is 12.1 Å². The Balaban J connectivity index is 1.86. The van der Waals surface area contributed by atoms with Crippen LogP contribution in [0.3, 0.4) is 0 Å².